The summed E-state index contributed by atoms with van der Waals surface area (Å²) in [5.41, 5.74) is 4.14. The van der Waals surface area contributed by atoms with Gasteiger partial charge in [-0.3, -0.25) is 0 Å². The highest BCUT2D eigenvalue weighted by Gasteiger charge is 2.25. The molecule has 0 radical (unpaired) electrons. The van der Waals surface area contributed by atoms with Crippen molar-refractivity contribution in [3.63, 3.8) is 0 Å². The fraction of sp³-hybridized carbons (Fsp3) is 0.238. The SMILES string of the molecule is C#CCOc1ccc(-c2cccc3nc(CC(=C)C4CC4)nn23)cc1. The van der Waals surface area contributed by atoms with E-state index in [0.717, 1.165) is 34.9 Å². The summed E-state index contributed by atoms with van der Waals surface area (Å²) in [6.07, 6.45) is 8.48. The molecular weight excluding hydrogens is 310 g/mol. The van der Waals surface area contributed by atoms with Crippen LogP contribution in [0.4, 0.5) is 0 Å². The molecule has 1 aliphatic rings. The van der Waals surface area contributed by atoms with E-state index in [0.29, 0.717) is 5.92 Å². The van der Waals surface area contributed by atoms with Gasteiger partial charge in [0.15, 0.2) is 11.5 Å². The Morgan fingerprint density at radius 2 is 2.04 bits per heavy atom. The molecule has 0 N–H and O–H groups in total. The van der Waals surface area contributed by atoms with Crippen LogP contribution in [0.25, 0.3) is 16.9 Å². The van der Waals surface area contributed by atoms with E-state index in [1.807, 2.05) is 47.0 Å². The summed E-state index contributed by atoms with van der Waals surface area (Å²) in [6.45, 7) is 4.45. The van der Waals surface area contributed by atoms with Crippen molar-refractivity contribution in [2.45, 2.75) is 19.3 Å². The van der Waals surface area contributed by atoms with E-state index in [1.54, 1.807) is 0 Å². The number of rotatable bonds is 6. The van der Waals surface area contributed by atoms with Gasteiger partial charge in [0.05, 0.1) is 5.69 Å². The maximum atomic E-state index is 5.43. The van der Waals surface area contributed by atoms with E-state index >= 15 is 0 Å². The third-order valence-corrected chi connectivity index (χ3v) is 4.42. The number of allylic oxidation sites excluding steroid dienone is 1. The van der Waals surface area contributed by atoms with Crippen LogP contribution in [0.5, 0.6) is 5.75 Å². The van der Waals surface area contributed by atoms with Gasteiger partial charge in [-0.05, 0) is 55.2 Å². The van der Waals surface area contributed by atoms with Crippen molar-refractivity contribution in [3.8, 4) is 29.4 Å². The minimum atomic E-state index is 0.270. The molecule has 0 amide bonds. The quantitative estimate of drug-likeness (QED) is 0.508. The first-order valence-corrected chi connectivity index (χ1v) is 8.43. The first-order chi connectivity index (χ1) is 12.2. The summed E-state index contributed by atoms with van der Waals surface area (Å²) in [5, 5.41) is 4.70. The molecule has 1 aromatic carbocycles. The zero-order valence-electron chi connectivity index (χ0n) is 14.0. The van der Waals surface area contributed by atoms with Gasteiger partial charge in [-0.2, -0.15) is 5.10 Å². The molecule has 0 atom stereocenters. The Morgan fingerprint density at radius 1 is 1.24 bits per heavy atom. The van der Waals surface area contributed by atoms with Gasteiger partial charge in [0.1, 0.15) is 12.4 Å². The fourth-order valence-electron chi connectivity index (χ4n) is 2.93. The molecule has 124 valence electrons. The van der Waals surface area contributed by atoms with Gasteiger partial charge in [-0.15, -0.1) is 6.42 Å². The van der Waals surface area contributed by atoms with E-state index in [4.69, 9.17) is 16.3 Å². The Balaban J connectivity index is 1.63. The Kier molecular flexibility index (Phi) is 3.99. The summed E-state index contributed by atoms with van der Waals surface area (Å²) in [4.78, 5) is 4.65. The number of pyridine rings is 1. The van der Waals surface area contributed by atoms with E-state index in [2.05, 4.69) is 17.5 Å². The van der Waals surface area contributed by atoms with Crippen LogP contribution in [-0.4, -0.2) is 21.2 Å². The number of hydrogen-bond acceptors (Lipinski definition) is 3. The molecule has 0 saturated heterocycles. The number of nitrogens with zero attached hydrogens (tertiary/aromatic N) is 3. The first-order valence-electron chi connectivity index (χ1n) is 8.43. The minimum absolute atomic E-state index is 0.270. The average molecular weight is 329 g/mol. The average Bonchev–Trinajstić information content (AvgIpc) is 3.40. The summed E-state index contributed by atoms with van der Waals surface area (Å²) in [6, 6.07) is 13.9. The fourth-order valence-corrected chi connectivity index (χ4v) is 2.93. The minimum Gasteiger partial charge on any atom is -0.481 e. The lowest BCUT2D eigenvalue weighted by Crippen LogP contribution is -1.97. The topological polar surface area (TPSA) is 39.4 Å². The summed E-state index contributed by atoms with van der Waals surface area (Å²) >= 11 is 0. The number of terminal acetylenes is 1. The van der Waals surface area contributed by atoms with Gasteiger partial charge in [-0.25, -0.2) is 9.50 Å². The molecule has 0 unspecified atom stereocenters. The van der Waals surface area contributed by atoms with Crippen LogP contribution >= 0.6 is 0 Å². The molecule has 4 nitrogen and oxygen atoms in total. The molecule has 3 aromatic rings. The number of hydrogen-bond donors (Lipinski definition) is 0. The monoisotopic (exact) mass is 329 g/mol. The van der Waals surface area contributed by atoms with Crippen molar-refractivity contribution in [1.82, 2.24) is 14.6 Å². The predicted molar refractivity (Wildman–Crippen MR) is 98.3 cm³/mol. The van der Waals surface area contributed by atoms with Gasteiger partial charge in [0, 0.05) is 12.0 Å². The lowest BCUT2D eigenvalue weighted by Gasteiger charge is -2.06. The second kappa shape index (κ2) is 6.45. The highest BCUT2D eigenvalue weighted by molar-refractivity contribution is 5.63. The zero-order chi connectivity index (χ0) is 17.2. The van der Waals surface area contributed by atoms with E-state index < -0.39 is 0 Å². The first kappa shape index (κ1) is 15.5. The van der Waals surface area contributed by atoms with Crippen molar-refractivity contribution in [2.24, 2.45) is 5.92 Å². The van der Waals surface area contributed by atoms with Crippen molar-refractivity contribution < 1.29 is 4.74 Å². The maximum Gasteiger partial charge on any atom is 0.156 e. The lowest BCUT2D eigenvalue weighted by molar-refractivity contribution is 0.370. The molecule has 1 fully saturated rings. The Morgan fingerprint density at radius 3 is 2.76 bits per heavy atom. The molecule has 1 saturated carbocycles. The molecular formula is C21H19N3O. The smallest absolute Gasteiger partial charge is 0.156 e. The third kappa shape index (κ3) is 3.27. The van der Waals surface area contributed by atoms with Crippen molar-refractivity contribution >= 4 is 5.65 Å². The second-order valence-corrected chi connectivity index (χ2v) is 6.34. The van der Waals surface area contributed by atoms with Gasteiger partial charge in [-0.1, -0.05) is 24.1 Å². The summed E-state index contributed by atoms with van der Waals surface area (Å²) in [7, 11) is 0. The number of benzene rings is 1. The molecule has 0 bridgehead atoms. The van der Waals surface area contributed by atoms with Crippen LogP contribution in [0.15, 0.2) is 54.6 Å². The molecule has 2 aromatic heterocycles. The molecule has 0 aliphatic heterocycles. The molecule has 4 rings (SSSR count). The molecule has 4 heteroatoms. The van der Waals surface area contributed by atoms with E-state index in [-0.39, 0.29) is 6.61 Å². The maximum absolute atomic E-state index is 5.43. The number of ether oxygens (including phenoxy) is 1. The Bertz CT molecular complexity index is 959. The standard InChI is InChI=1S/C21H19N3O/c1-3-13-25-18-11-9-17(10-12-18)19-5-4-6-21-22-20(23-24(19)21)14-15(2)16-7-8-16/h1,4-6,9-12,16H,2,7-8,13-14H2. The van der Waals surface area contributed by atoms with Crippen molar-refractivity contribution in [3.05, 3.63) is 60.4 Å². The highest BCUT2D eigenvalue weighted by atomic mass is 16.5. The normalized spacial score (nSPS) is 13.6. The molecule has 2 heterocycles. The van der Waals surface area contributed by atoms with Crippen LogP contribution in [-0.2, 0) is 6.42 Å². The highest BCUT2D eigenvalue weighted by Crippen LogP contribution is 2.36. The third-order valence-electron chi connectivity index (χ3n) is 4.42. The Labute approximate surface area is 147 Å². The van der Waals surface area contributed by atoms with Crippen LogP contribution in [0, 0.1) is 18.3 Å². The van der Waals surface area contributed by atoms with Crippen LogP contribution in [0.3, 0.4) is 0 Å². The second-order valence-electron chi connectivity index (χ2n) is 6.34. The molecule has 25 heavy (non-hydrogen) atoms. The lowest BCUT2D eigenvalue weighted by atomic mass is 10.1. The summed E-state index contributed by atoms with van der Waals surface area (Å²) < 4.78 is 7.32. The predicted octanol–water partition coefficient (Wildman–Crippen LogP) is 3.92. The van der Waals surface area contributed by atoms with Gasteiger partial charge in [0.2, 0.25) is 0 Å². The van der Waals surface area contributed by atoms with Crippen molar-refractivity contribution in [1.29, 1.82) is 0 Å². The summed E-state index contributed by atoms with van der Waals surface area (Å²) in [5.74, 6) is 4.72. The van der Waals surface area contributed by atoms with Crippen LogP contribution in [0.1, 0.15) is 18.7 Å². The largest absolute Gasteiger partial charge is 0.481 e. The van der Waals surface area contributed by atoms with Crippen LogP contribution < -0.4 is 4.74 Å². The van der Waals surface area contributed by atoms with Crippen LogP contribution in [0.2, 0.25) is 0 Å². The van der Waals surface area contributed by atoms with Crippen molar-refractivity contribution in [2.75, 3.05) is 6.61 Å². The van der Waals surface area contributed by atoms with Gasteiger partial charge < -0.3 is 4.74 Å². The van der Waals surface area contributed by atoms with E-state index in [9.17, 15) is 0 Å². The van der Waals surface area contributed by atoms with Gasteiger partial charge in [0.25, 0.3) is 0 Å². The number of aromatic nitrogens is 3. The zero-order valence-corrected chi connectivity index (χ0v) is 14.0. The Hall–Kier alpha value is -3.06. The number of fused-ring (bicyclic) bond motifs is 1. The molecule has 1 aliphatic carbocycles. The van der Waals surface area contributed by atoms with E-state index in [1.165, 1.54) is 18.4 Å². The van der Waals surface area contributed by atoms with Gasteiger partial charge >= 0.3 is 0 Å². The molecule has 0 spiro atoms.